The molecule has 0 aliphatic heterocycles. The molecular weight excluding hydrogens is 363 g/mol. The molecule has 0 saturated heterocycles. The van der Waals surface area contributed by atoms with Crippen molar-refractivity contribution in [3.63, 3.8) is 0 Å². The first kappa shape index (κ1) is 15.7. The Morgan fingerprint density at radius 3 is 2.62 bits per heavy atom. The lowest BCUT2D eigenvalue weighted by molar-refractivity contribution is 0.0471. The molecule has 0 bridgehead atoms. The van der Waals surface area contributed by atoms with Gasteiger partial charge in [0.1, 0.15) is 11.6 Å². The molecule has 0 N–H and O–H groups in total. The van der Waals surface area contributed by atoms with Crippen molar-refractivity contribution in [2.45, 2.75) is 0 Å². The monoisotopic (exact) mass is 372 g/mol. The maximum Gasteiger partial charge on any atom is 0.341 e. The number of halogens is 2. The van der Waals surface area contributed by atoms with E-state index in [1.165, 1.54) is 30.6 Å². The van der Waals surface area contributed by atoms with Gasteiger partial charge >= 0.3 is 5.97 Å². The Labute approximate surface area is 132 Å². The number of carbonyl (C=O) groups excluding carboxylic acids is 2. The summed E-state index contributed by atoms with van der Waals surface area (Å²) in [7, 11) is 1.39. The van der Waals surface area contributed by atoms with Gasteiger partial charge in [-0.3, -0.25) is 4.79 Å². The van der Waals surface area contributed by atoms with Crippen LogP contribution in [0.4, 0.5) is 4.39 Å². The van der Waals surface area contributed by atoms with Gasteiger partial charge in [0, 0.05) is 6.07 Å². The van der Waals surface area contributed by atoms with Crippen molar-refractivity contribution in [3.8, 4) is 5.75 Å². The molecule has 1 heterocycles. The summed E-state index contributed by atoms with van der Waals surface area (Å²) in [5, 5.41) is 0. The third-order valence-corrected chi connectivity index (χ3v) is 4.24. The van der Waals surface area contributed by atoms with Crippen LogP contribution < -0.4 is 4.74 Å². The first-order valence-electron chi connectivity index (χ1n) is 5.80. The van der Waals surface area contributed by atoms with Crippen LogP contribution in [-0.2, 0) is 4.74 Å². The minimum atomic E-state index is -0.890. The van der Waals surface area contributed by atoms with Crippen LogP contribution in [0.5, 0.6) is 5.75 Å². The summed E-state index contributed by atoms with van der Waals surface area (Å²) < 4.78 is 24.1. The molecule has 0 amide bonds. The van der Waals surface area contributed by atoms with E-state index in [1.807, 2.05) is 0 Å². The van der Waals surface area contributed by atoms with E-state index in [0.29, 0.717) is 10.6 Å². The first-order valence-corrected chi connectivity index (χ1v) is 7.41. The number of benzene rings is 1. The third-order valence-electron chi connectivity index (χ3n) is 2.58. The average molecular weight is 373 g/mol. The van der Waals surface area contributed by atoms with Crippen molar-refractivity contribution in [2.75, 3.05) is 13.7 Å². The maximum absolute atomic E-state index is 13.7. The molecule has 0 saturated carbocycles. The Bertz CT molecular complexity index is 683. The molecule has 0 aliphatic carbocycles. The third kappa shape index (κ3) is 3.89. The van der Waals surface area contributed by atoms with Crippen molar-refractivity contribution in [3.05, 3.63) is 50.4 Å². The van der Waals surface area contributed by atoms with Crippen LogP contribution in [0.3, 0.4) is 0 Å². The molecule has 110 valence electrons. The zero-order chi connectivity index (χ0) is 15.4. The second-order valence-electron chi connectivity index (χ2n) is 3.95. The number of hydrogen-bond acceptors (Lipinski definition) is 5. The molecule has 2 rings (SSSR count). The summed E-state index contributed by atoms with van der Waals surface area (Å²) >= 11 is 4.47. The Hall–Kier alpha value is -1.73. The first-order chi connectivity index (χ1) is 10.0. The normalized spacial score (nSPS) is 10.2. The lowest BCUT2D eigenvalue weighted by atomic mass is 10.2. The smallest absolute Gasteiger partial charge is 0.341 e. The molecule has 0 radical (unpaired) electrons. The molecule has 4 nitrogen and oxygen atoms in total. The molecule has 0 aliphatic rings. The van der Waals surface area contributed by atoms with Crippen LogP contribution in [-0.4, -0.2) is 25.5 Å². The molecule has 7 heteroatoms. The number of carbonyl (C=O) groups is 2. The van der Waals surface area contributed by atoms with E-state index in [1.54, 1.807) is 12.1 Å². The molecule has 21 heavy (non-hydrogen) atoms. The minimum absolute atomic E-state index is 0.240. The lowest BCUT2D eigenvalue weighted by Crippen LogP contribution is -2.14. The lowest BCUT2D eigenvalue weighted by Gasteiger charge is -2.06. The number of ether oxygens (including phenoxy) is 2. The Morgan fingerprint density at radius 2 is 2.05 bits per heavy atom. The second kappa shape index (κ2) is 6.82. The highest BCUT2D eigenvalue weighted by Crippen LogP contribution is 2.22. The molecule has 1 aromatic heterocycles. The fourth-order valence-corrected chi connectivity index (χ4v) is 2.84. The van der Waals surface area contributed by atoms with Gasteiger partial charge in [0.15, 0.2) is 6.61 Å². The molecule has 0 unspecified atom stereocenters. The standard InChI is InChI=1S/C14H10BrFO4S/c1-19-8-2-3-9(10(16)6-8)14(18)20-7-11(17)12-4-5-13(15)21-12/h2-6H,7H2,1H3. The van der Waals surface area contributed by atoms with E-state index in [-0.39, 0.29) is 11.3 Å². The Morgan fingerprint density at radius 1 is 1.29 bits per heavy atom. The van der Waals surface area contributed by atoms with E-state index in [4.69, 9.17) is 9.47 Å². The summed E-state index contributed by atoms with van der Waals surface area (Å²) in [4.78, 5) is 24.0. The highest BCUT2D eigenvalue weighted by molar-refractivity contribution is 9.11. The van der Waals surface area contributed by atoms with E-state index >= 15 is 0 Å². The molecule has 0 atom stereocenters. The number of esters is 1. The summed E-state index contributed by atoms with van der Waals surface area (Å²) in [5.74, 6) is -1.69. The Balaban J connectivity index is 2.00. The predicted octanol–water partition coefficient (Wildman–Crippen LogP) is 3.70. The van der Waals surface area contributed by atoms with Gasteiger partial charge in [-0.2, -0.15) is 0 Å². The van der Waals surface area contributed by atoms with Crippen LogP contribution in [0.1, 0.15) is 20.0 Å². The van der Waals surface area contributed by atoms with E-state index in [0.717, 1.165) is 9.85 Å². The number of thiophene rings is 1. The maximum atomic E-state index is 13.7. The molecule has 1 aromatic carbocycles. The van der Waals surface area contributed by atoms with Crippen molar-refractivity contribution in [1.82, 2.24) is 0 Å². The van der Waals surface area contributed by atoms with Crippen LogP contribution in [0.2, 0.25) is 0 Å². The fraction of sp³-hybridized carbons (Fsp3) is 0.143. The van der Waals surface area contributed by atoms with Gasteiger partial charge in [-0.1, -0.05) is 0 Å². The van der Waals surface area contributed by atoms with Gasteiger partial charge < -0.3 is 9.47 Å². The van der Waals surface area contributed by atoms with Crippen molar-refractivity contribution >= 4 is 39.0 Å². The number of methoxy groups -OCH3 is 1. The van der Waals surface area contributed by atoms with E-state index in [2.05, 4.69) is 15.9 Å². The van der Waals surface area contributed by atoms with E-state index in [9.17, 15) is 14.0 Å². The molecule has 0 spiro atoms. The van der Waals surface area contributed by atoms with Crippen molar-refractivity contribution < 1.29 is 23.5 Å². The van der Waals surface area contributed by atoms with Gasteiger partial charge in [-0.05, 0) is 40.2 Å². The highest BCUT2D eigenvalue weighted by atomic mass is 79.9. The summed E-state index contributed by atoms with van der Waals surface area (Å²) in [6, 6.07) is 7.12. The largest absolute Gasteiger partial charge is 0.497 e. The van der Waals surface area contributed by atoms with Crippen LogP contribution >= 0.6 is 27.3 Å². The van der Waals surface area contributed by atoms with Gasteiger partial charge in [0.05, 0.1) is 21.3 Å². The highest BCUT2D eigenvalue weighted by Gasteiger charge is 2.17. The zero-order valence-corrected chi connectivity index (χ0v) is 13.3. The topological polar surface area (TPSA) is 52.6 Å². The number of ketones is 1. The quantitative estimate of drug-likeness (QED) is 0.593. The minimum Gasteiger partial charge on any atom is -0.497 e. The van der Waals surface area contributed by atoms with E-state index < -0.39 is 18.4 Å². The number of rotatable bonds is 5. The van der Waals surface area contributed by atoms with Crippen molar-refractivity contribution in [1.29, 1.82) is 0 Å². The van der Waals surface area contributed by atoms with Crippen LogP contribution in [0.25, 0.3) is 0 Å². The molecular formula is C14H10BrFO4S. The number of hydrogen-bond donors (Lipinski definition) is 0. The van der Waals surface area contributed by atoms with Crippen LogP contribution in [0, 0.1) is 5.82 Å². The molecule has 2 aromatic rings. The summed E-state index contributed by atoms with van der Waals surface area (Å²) in [5.41, 5.74) is -0.240. The Kier molecular flexibility index (Phi) is 5.08. The summed E-state index contributed by atoms with van der Waals surface area (Å²) in [6.07, 6.45) is 0. The predicted molar refractivity (Wildman–Crippen MR) is 79.6 cm³/mol. The van der Waals surface area contributed by atoms with Crippen LogP contribution in [0.15, 0.2) is 34.1 Å². The zero-order valence-electron chi connectivity index (χ0n) is 10.9. The second-order valence-corrected chi connectivity index (χ2v) is 6.41. The van der Waals surface area contributed by atoms with Gasteiger partial charge in [-0.25, -0.2) is 9.18 Å². The average Bonchev–Trinajstić information content (AvgIpc) is 2.90. The fourth-order valence-electron chi connectivity index (χ4n) is 1.53. The van der Waals surface area contributed by atoms with Crippen molar-refractivity contribution in [2.24, 2.45) is 0 Å². The SMILES string of the molecule is COc1ccc(C(=O)OCC(=O)c2ccc(Br)s2)c(F)c1. The molecule has 0 fully saturated rings. The van der Waals surface area contributed by atoms with Gasteiger partial charge in [0.25, 0.3) is 0 Å². The summed E-state index contributed by atoms with van der Waals surface area (Å²) in [6.45, 7) is -0.433. The number of Topliss-reactive ketones (excluding diaryl/α,β-unsaturated/α-hetero) is 1. The van der Waals surface area contributed by atoms with Gasteiger partial charge in [-0.15, -0.1) is 11.3 Å². The van der Waals surface area contributed by atoms with Gasteiger partial charge in [0.2, 0.25) is 5.78 Å².